The second-order valence-electron chi connectivity index (χ2n) is 6.30. The Balaban J connectivity index is 1.86. The third kappa shape index (κ3) is 2.98. The van der Waals surface area contributed by atoms with Crippen LogP contribution in [0.5, 0.6) is 0 Å². The highest BCUT2D eigenvalue weighted by atomic mass is 16.5. The minimum absolute atomic E-state index is 0.103. The van der Waals surface area contributed by atoms with Crippen molar-refractivity contribution in [2.45, 2.75) is 51.5 Å². The highest BCUT2D eigenvalue weighted by Crippen LogP contribution is 2.29. The van der Waals surface area contributed by atoms with Gasteiger partial charge in [-0.05, 0) is 32.8 Å². The van der Waals surface area contributed by atoms with Gasteiger partial charge in [0.2, 0.25) is 5.91 Å². The molecule has 0 bridgehead atoms. The molecule has 3 rings (SSSR count). The highest BCUT2D eigenvalue weighted by Gasteiger charge is 2.40. The maximum absolute atomic E-state index is 12.7. The first-order chi connectivity index (χ1) is 11.6. The number of hydrogen-bond acceptors (Lipinski definition) is 5. The van der Waals surface area contributed by atoms with Gasteiger partial charge in [-0.3, -0.25) is 9.59 Å². The van der Waals surface area contributed by atoms with E-state index in [1.807, 2.05) is 6.92 Å². The van der Waals surface area contributed by atoms with E-state index < -0.39 is 5.54 Å². The van der Waals surface area contributed by atoms with E-state index in [-0.39, 0.29) is 11.8 Å². The molecule has 2 amide bonds. The number of hydrogen-bond donors (Lipinski definition) is 2. The van der Waals surface area contributed by atoms with Crippen molar-refractivity contribution in [1.82, 2.24) is 20.8 Å². The Labute approximate surface area is 140 Å². The number of fused-ring (bicyclic) bond motifs is 1. The zero-order valence-electron chi connectivity index (χ0n) is 14.0. The molecule has 0 aliphatic heterocycles. The third-order valence-electron chi connectivity index (χ3n) is 4.60. The average Bonchev–Trinajstić information content (AvgIpc) is 2.96. The molecule has 0 radical (unpaired) electrons. The lowest BCUT2D eigenvalue weighted by Crippen LogP contribution is -2.59. The van der Waals surface area contributed by atoms with E-state index in [2.05, 4.69) is 20.8 Å². The minimum Gasteiger partial charge on any atom is -0.354 e. The molecule has 2 heterocycles. The van der Waals surface area contributed by atoms with Crippen LogP contribution >= 0.6 is 0 Å². The number of amides is 2. The molecule has 0 saturated heterocycles. The second-order valence-corrected chi connectivity index (χ2v) is 6.30. The first-order valence-electron chi connectivity index (χ1n) is 8.38. The lowest BCUT2D eigenvalue weighted by Gasteiger charge is -2.36. The third-order valence-corrected chi connectivity index (χ3v) is 4.60. The van der Waals surface area contributed by atoms with Gasteiger partial charge >= 0.3 is 0 Å². The fourth-order valence-corrected chi connectivity index (χ4v) is 3.25. The molecule has 24 heavy (non-hydrogen) atoms. The van der Waals surface area contributed by atoms with Gasteiger partial charge in [0.1, 0.15) is 5.54 Å². The van der Waals surface area contributed by atoms with Gasteiger partial charge in [-0.1, -0.05) is 24.4 Å². The van der Waals surface area contributed by atoms with Crippen molar-refractivity contribution in [1.29, 1.82) is 0 Å². The predicted molar refractivity (Wildman–Crippen MR) is 88.5 cm³/mol. The number of likely N-dealkylation sites (N-methyl/N-ethyl adjacent to an activating group) is 1. The normalized spacial score (nSPS) is 16.8. The van der Waals surface area contributed by atoms with Gasteiger partial charge in [0.05, 0.1) is 16.6 Å². The summed E-state index contributed by atoms with van der Waals surface area (Å²) in [4.78, 5) is 29.4. The number of nitrogens with zero attached hydrogens (tertiary/aromatic N) is 2. The van der Waals surface area contributed by atoms with Gasteiger partial charge < -0.3 is 15.2 Å². The van der Waals surface area contributed by atoms with Crippen molar-refractivity contribution < 1.29 is 14.1 Å². The van der Waals surface area contributed by atoms with Crippen LogP contribution in [0.2, 0.25) is 0 Å². The first kappa shape index (κ1) is 16.4. The zero-order chi connectivity index (χ0) is 17.2. The van der Waals surface area contributed by atoms with Gasteiger partial charge in [0.15, 0.2) is 0 Å². The first-order valence-corrected chi connectivity index (χ1v) is 8.38. The second kappa shape index (κ2) is 6.59. The van der Waals surface area contributed by atoms with E-state index >= 15 is 0 Å². The van der Waals surface area contributed by atoms with E-state index in [9.17, 15) is 9.59 Å². The molecular weight excluding hydrogens is 308 g/mol. The van der Waals surface area contributed by atoms with Crippen molar-refractivity contribution in [2.24, 2.45) is 0 Å². The van der Waals surface area contributed by atoms with Crippen LogP contribution in [0.25, 0.3) is 11.1 Å². The molecule has 1 saturated carbocycles. The Morgan fingerprint density at radius 2 is 2.04 bits per heavy atom. The van der Waals surface area contributed by atoms with Crippen molar-refractivity contribution in [3.63, 3.8) is 0 Å². The molecule has 1 aliphatic carbocycles. The Morgan fingerprint density at radius 1 is 1.29 bits per heavy atom. The molecular formula is C17H22N4O3. The van der Waals surface area contributed by atoms with Crippen LogP contribution in [0, 0.1) is 6.92 Å². The minimum atomic E-state index is -0.829. The topological polar surface area (TPSA) is 97.1 Å². The molecule has 128 valence electrons. The van der Waals surface area contributed by atoms with Crippen molar-refractivity contribution >= 4 is 22.9 Å². The van der Waals surface area contributed by atoms with Crippen molar-refractivity contribution in [3.8, 4) is 0 Å². The summed E-state index contributed by atoms with van der Waals surface area (Å²) in [5.74, 6) is -0.397. The Hall–Kier alpha value is -2.44. The number of pyridine rings is 1. The number of nitrogens with one attached hydrogen (secondary N) is 2. The Bertz CT molecular complexity index is 762. The fraction of sp³-hybridized carbons (Fsp3) is 0.529. The number of carbonyl (C=O) groups excluding carboxylic acids is 2. The largest absolute Gasteiger partial charge is 0.354 e. The monoisotopic (exact) mass is 330 g/mol. The van der Waals surface area contributed by atoms with E-state index in [4.69, 9.17) is 4.52 Å². The number of rotatable bonds is 4. The lowest BCUT2D eigenvalue weighted by atomic mass is 9.80. The molecule has 1 fully saturated rings. The summed E-state index contributed by atoms with van der Waals surface area (Å²) in [7, 11) is 0. The van der Waals surface area contributed by atoms with E-state index in [1.165, 1.54) is 6.20 Å². The van der Waals surface area contributed by atoms with Crippen LogP contribution in [0.15, 0.2) is 16.8 Å². The van der Waals surface area contributed by atoms with Gasteiger partial charge in [0, 0.05) is 12.7 Å². The molecule has 0 spiro atoms. The highest BCUT2D eigenvalue weighted by molar-refractivity contribution is 6.00. The summed E-state index contributed by atoms with van der Waals surface area (Å²) in [6.45, 7) is 4.22. The summed E-state index contributed by atoms with van der Waals surface area (Å²) in [6, 6.07) is 1.71. The summed E-state index contributed by atoms with van der Waals surface area (Å²) in [6.07, 6.45) is 5.72. The van der Waals surface area contributed by atoms with Crippen molar-refractivity contribution in [2.75, 3.05) is 6.54 Å². The van der Waals surface area contributed by atoms with Crippen LogP contribution in [0.1, 0.15) is 55.1 Å². The predicted octanol–water partition coefficient (Wildman–Crippen LogP) is 2.10. The summed E-state index contributed by atoms with van der Waals surface area (Å²) < 4.78 is 5.07. The Kier molecular flexibility index (Phi) is 4.51. The zero-order valence-corrected chi connectivity index (χ0v) is 14.0. The quantitative estimate of drug-likeness (QED) is 0.895. The molecule has 0 aromatic carbocycles. The van der Waals surface area contributed by atoms with Crippen LogP contribution < -0.4 is 10.6 Å². The molecule has 7 nitrogen and oxygen atoms in total. The lowest BCUT2D eigenvalue weighted by molar-refractivity contribution is -0.128. The molecule has 0 unspecified atom stereocenters. The summed E-state index contributed by atoms with van der Waals surface area (Å²) >= 11 is 0. The molecule has 2 aromatic heterocycles. The van der Waals surface area contributed by atoms with Crippen LogP contribution in [0.4, 0.5) is 0 Å². The number of aryl methyl sites for hydroxylation is 1. The van der Waals surface area contributed by atoms with Gasteiger partial charge in [-0.25, -0.2) is 4.98 Å². The van der Waals surface area contributed by atoms with Crippen LogP contribution in [-0.4, -0.2) is 34.0 Å². The van der Waals surface area contributed by atoms with E-state index in [0.29, 0.717) is 41.7 Å². The molecule has 1 aliphatic rings. The Morgan fingerprint density at radius 3 is 2.75 bits per heavy atom. The maximum atomic E-state index is 12.7. The molecule has 0 atom stereocenters. The van der Waals surface area contributed by atoms with E-state index in [1.54, 1.807) is 13.0 Å². The maximum Gasteiger partial charge on any atom is 0.257 e. The molecule has 7 heteroatoms. The van der Waals surface area contributed by atoms with Crippen molar-refractivity contribution in [3.05, 3.63) is 23.5 Å². The number of carbonyl (C=O) groups is 2. The fourth-order valence-electron chi connectivity index (χ4n) is 3.25. The van der Waals surface area contributed by atoms with Gasteiger partial charge in [-0.15, -0.1) is 0 Å². The van der Waals surface area contributed by atoms with Crippen LogP contribution in [0.3, 0.4) is 0 Å². The molecule has 2 aromatic rings. The number of aromatic nitrogens is 2. The standard InChI is InChI=1S/C17H22N4O3/c1-3-18-16(23)17(7-5-4-6-8-17)20-14(22)12-9-13-11(2)21-24-15(13)19-10-12/h9-10H,3-8H2,1-2H3,(H,18,23)(H,20,22). The summed E-state index contributed by atoms with van der Waals surface area (Å²) in [5.41, 5.74) is 0.663. The average molecular weight is 330 g/mol. The van der Waals surface area contributed by atoms with Gasteiger partial charge in [-0.2, -0.15) is 0 Å². The van der Waals surface area contributed by atoms with Gasteiger partial charge in [0.25, 0.3) is 11.6 Å². The smallest absolute Gasteiger partial charge is 0.257 e. The SMILES string of the molecule is CCNC(=O)C1(NC(=O)c2cnc3onc(C)c3c2)CCCCC1. The van der Waals surface area contributed by atoms with E-state index in [0.717, 1.165) is 19.3 Å². The van der Waals surface area contributed by atoms with Crippen LogP contribution in [-0.2, 0) is 4.79 Å². The molecule has 2 N–H and O–H groups in total. The summed E-state index contributed by atoms with van der Waals surface area (Å²) in [5, 5.41) is 10.4.